The van der Waals surface area contributed by atoms with Gasteiger partial charge in [-0.3, -0.25) is 9.69 Å². The van der Waals surface area contributed by atoms with Gasteiger partial charge in [0.25, 0.3) is 0 Å². The summed E-state index contributed by atoms with van der Waals surface area (Å²) in [5.74, 6) is -1.77. The van der Waals surface area contributed by atoms with Crippen molar-refractivity contribution >= 4 is 21.6 Å². The lowest BCUT2D eigenvalue weighted by atomic mass is 10.0. The number of sulfone groups is 1. The molecule has 1 aromatic heterocycles. The summed E-state index contributed by atoms with van der Waals surface area (Å²) in [5.41, 5.74) is 4.80. The Morgan fingerprint density at radius 1 is 1.14 bits per heavy atom. The summed E-state index contributed by atoms with van der Waals surface area (Å²) < 4.78 is 82.8. The first kappa shape index (κ1) is 26.7. The summed E-state index contributed by atoms with van der Waals surface area (Å²) in [7, 11) is -3.59. The van der Waals surface area contributed by atoms with Crippen LogP contribution in [0.25, 0.3) is 0 Å². The molecule has 1 fully saturated rings. The van der Waals surface area contributed by atoms with Gasteiger partial charge in [0.2, 0.25) is 5.91 Å². The molecule has 8 nitrogen and oxygen atoms in total. The van der Waals surface area contributed by atoms with E-state index in [4.69, 9.17) is 10.5 Å². The van der Waals surface area contributed by atoms with Crippen LogP contribution in [0.15, 0.2) is 35.4 Å². The van der Waals surface area contributed by atoms with Crippen LogP contribution in [0, 0.1) is 5.82 Å². The number of pyridine rings is 1. The van der Waals surface area contributed by atoms with E-state index >= 15 is 0 Å². The van der Waals surface area contributed by atoms with E-state index in [0.717, 1.165) is 6.26 Å². The zero-order valence-corrected chi connectivity index (χ0v) is 20.2. The third-order valence-corrected chi connectivity index (χ3v) is 6.57. The van der Waals surface area contributed by atoms with Gasteiger partial charge in [0.05, 0.1) is 16.6 Å². The van der Waals surface area contributed by atoms with Crippen molar-refractivity contribution < 1.29 is 35.5 Å². The minimum absolute atomic E-state index is 0.00971. The number of halogens is 4. The van der Waals surface area contributed by atoms with E-state index in [1.54, 1.807) is 18.7 Å². The van der Waals surface area contributed by atoms with Crippen molar-refractivity contribution in [1.82, 2.24) is 9.88 Å². The Morgan fingerprint density at radius 2 is 1.77 bits per heavy atom. The fraction of sp³-hybridized carbons (Fsp3) is 0.455. The Hall–Kier alpha value is -2.93. The number of alkyl halides is 3. The maximum Gasteiger partial charge on any atom is 0.417 e. The Balaban J connectivity index is 1.88. The number of anilines is 1. The van der Waals surface area contributed by atoms with Gasteiger partial charge in [-0.1, -0.05) is 0 Å². The highest BCUT2D eigenvalue weighted by Crippen LogP contribution is 2.34. The molecule has 1 unspecified atom stereocenters. The molecule has 13 heteroatoms. The number of aromatic nitrogens is 1. The predicted molar refractivity (Wildman–Crippen MR) is 120 cm³/mol. The molecule has 0 bridgehead atoms. The fourth-order valence-electron chi connectivity index (χ4n) is 3.87. The maximum atomic E-state index is 14.4. The van der Waals surface area contributed by atoms with Gasteiger partial charge in [0, 0.05) is 44.2 Å². The smallest absolute Gasteiger partial charge is 0.417 e. The molecule has 192 valence electrons. The van der Waals surface area contributed by atoms with Crippen molar-refractivity contribution in [3.63, 3.8) is 0 Å². The average Bonchev–Trinajstić information content (AvgIpc) is 2.73. The number of benzene rings is 1. The second-order valence-corrected chi connectivity index (χ2v) is 10.5. The van der Waals surface area contributed by atoms with E-state index in [9.17, 15) is 30.8 Å². The van der Waals surface area contributed by atoms with E-state index in [0.29, 0.717) is 18.0 Å². The average molecular weight is 519 g/mol. The molecule has 3 rings (SSSR count). The summed E-state index contributed by atoms with van der Waals surface area (Å²) >= 11 is 0. The van der Waals surface area contributed by atoms with Gasteiger partial charge >= 0.3 is 6.18 Å². The number of ether oxygens (including phenoxy) is 1. The molecule has 1 saturated heterocycles. The lowest BCUT2D eigenvalue weighted by molar-refractivity contribution is -0.138. The van der Waals surface area contributed by atoms with Gasteiger partial charge in [-0.05, 0) is 38.1 Å². The highest BCUT2D eigenvalue weighted by atomic mass is 32.2. The van der Waals surface area contributed by atoms with Crippen molar-refractivity contribution in [3.8, 4) is 5.75 Å². The number of piperazine rings is 1. The molecule has 0 spiro atoms. The molecule has 0 saturated carbocycles. The van der Waals surface area contributed by atoms with Crippen LogP contribution in [0.3, 0.4) is 0 Å². The normalized spacial score (nSPS) is 16.4. The Morgan fingerprint density at radius 3 is 2.26 bits per heavy atom. The van der Waals surface area contributed by atoms with Crippen molar-refractivity contribution in [2.24, 2.45) is 5.73 Å². The molecular weight excluding hydrogens is 492 g/mol. The summed E-state index contributed by atoms with van der Waals surface area (Å²) in [4.78, 5) is 19.3. The molecule has 1 aromatic carbocycles. The van der Waals surface area contributed by atoms with Gasteiger partial charge in [0.15, 0.2) is 21.5 Å². The van der Waals surface area contributed by atoms with Crippen LogP contribution in [0.1, 0.15) is 31.0 Å². The van der Waals surface area contributed by atoms with Crippen molar-refractivity contribution in [2.75, 3.05) is 37.3 Å². The highest BCUT2D eigenvalue weighted by Gasteiger charge is 2.35. The second-order valence-electron chi connectivity index (χ2n) is 8.49. The summed E-state index contributed by atoms with van der Waals surface area (Å²) in [6, 6.07) is 3.56. The first-order valence-corrected chi connectivity index (χ1v) is 12.6. The lowest BCUT2D eigenvalue weighted by Gasteiger charge is -2.39. The number of rotatable bonds is 7. The standard InChI is InChI=1S/C22H26F4N4O4S/c1-13(2)34-18-5-4-15(35(3,32)33)11-16(18)19(20(27)31)29-6-8-30(9-7-29)21-17(23)10-14(12-28-21)22(24,25)26/h4-5,10-13,19H,6-9H2,1-3H3,(H2,27,31). The SMILES string of the molecule is CC(C)Oc1ccc(S(C)(=O)=O)cc1C(C(N)=O)N1CCN(c2ncc(C(F)(F)F)cc2F)CC1. The summed E-state index contributed by atoms with van der Waals surface area (Å²) in [5, 5.41) is 0. The fourth-order valence-corrected chi connectivity index (χ4v) is 4.53. The summed E-state index contributed by atoms with van der Waals surface area (Å²) in [6.07, 6.45) is -3.37. The number of hydrogen-bond acceptors (Lipinski definition) is 7. The van der Waals surface area contributed by atoms with E-state index < -0.39 is 39.3 Å². The van der Waals surface area contributed by atoms with Crippen LogP contribution in [0.5, 0.6) is 5.75 Å². The predicted octanol–water partition coefficient (Wildman–Crippen LogP) is 2.78. The Bertz CT molecular complexity index is 1200. The summed E-state index contributed by atoms with van der Waals surface area (Å²) in [6.45, 7) is 4.20. The maximum absolute atomic E-state index is 14.4. The number of amides is 1. The molecule has 2 aromatic rings. The molecule has 35 heavy (non-hydrogen) atoms. The number of primary amides is 1. The molecule has 1 aliphatic heterocycles. The third-order valence-electron chi connectivity index (χ3n) is 5.46. The molecule has 0 radical (unpaired) electrons. The van der Waals surface area contributed by atoms with Crippen molar-refractivity contribution in [3.05, 3.63) is 47.4 Å². The van der Waals surface area contributed by atoms with Crippen LogP contribution < -0.4 is 15.4 Å². The van der Waals surface area contributed by atoms with Crippen LogP contribution in [0.4, 0.5) is 23.4 Å². The molecule has 1 atom stereocenters. The van der Waals surface area contributed by atoms with E-state index in [1.165, 1.54) is 23.1 Å². The molecule has 1 aliphatic rings. The Kier molecular flexibility index (Phi) is 7.60. The Labute approximate surface area is 200 Å². The van der Waals surface area contributed by atoms with Gasteiger partial charge in [0.1, 0.15) is 11.8 Å². The molecule has 0 aliphatic carbocycles. The first-order chi connectivity index (χ1) is 16.2. The minimum Gasteiger partial charge on any atom is -0.491 e. The first-order valence-electron chi connectivity index (χ1n) is 10.7. The lowest BCUT2D eigenvalue weighted by Crippen LogP contribution is -2.51. The number of hydrogen-bond donors (Lipinski definition) is 1. The zero-order valence-electron chi connectivity index (χ0n) is 19.3. The number of carbonyl (C=O) groups excluding carboxylic acids is 1. The van der Waals surface area contributed by atoms with E-state index in [2.05, 4.69) is 4.98 Å². The molecule has 2 heterocycles. The highest BCUT2D eigenvalue weighted by molar-refractivity contribution is 7.90. The molecular formula is C22H26F4N4O4S. The van der Waals surface area contributed by atoms with Crippen LogP contribution >= 0.6 is 0 Å². The topological polar surface area (TPSA) is 106 Å². The monoisotopic (exact) mass is 518 g/mol. The van der Waals surface area contributed by atoms with Gasteiger partial charge in [-0.25, -0.2) is 17.8 Å². The van der Waals surface area contributed by atoms with E-state index in [1.807, 2.05) is 0 Å². The van der Waals surface area contributed by atoms with Crippen molar-refractivity contribution in [1.29, 1.82) is 0 Å². The zero-order chi connectivity index (χ0) is 26.1. The number of nitrogens with zero attached hydrogens (tertiary/aromatic N) is 3. The minimum atomic E-state index is -4.71. The van der Waals surface area contributed by atoms with Gasteiger partial charge in [-0.15, -0.1) is 0 Å². The molecule has 2 N–H and O–H groups in total. The van der Waals surface area contributed by atoms with Gasteiger partial charge < -0.3 is 15.4 Å². The third kappa shape index (κ3) is 6.20. The second kappa shape index (κ2) is 9.97. The van der Waals surface area contributed by atoms with Crippen LogP contribution in [0.2, 0.25) is 0 Å². The molecule has 1 amide bonds. The van der Waals surface area contributed by atoms with Crippen molar-refractivity contribution in [2.45, 2.75) is 37.1 Å². The quantitative estimate of drug-likeness (QED) is 0.562. The van der Waals surface area contributed by atoms with Gasteiger partial charge in [-0.2, -0.15) is 13.2 Å². The van der Waals surface area contributed by atoms with Crippen LogP contribution in [-0.4, -0.2) is 62.7 Å². The number of carbonyl (C=O) groups is 1. The largest absolute Gasteiger partial charge is 0.491 e. The number of nitrogens with two attached hydrogens (primary N) is 1. The van der Waals surface area contributed by atoms with Crippen LogP contribution in [-0.2, 0) is 20.8 Å². The van der Waals surface area contributed by atoms with E-state index in [-0.39, 0.29) is 48.6 Å².